The average molecular weight is 2000 g/mol. The molecule has 0 radical (unpaired) electrons. The zero-order chi connectivity index (χ0) is 86.6. The van der Waals surface area contributed by atoms with Gasteiger partial charge in [-0.1, -0.05) is 0 Å². The highest BCUT2D eigenvalue weighted by Crippen LogP contribution is 2.38. The average Bonchev–Trinajstić information content (AvgIpc) is 0.804. The molecule has 0 amide bonds. The van der Waals surface area contributed by atoms with Gasteiger partial charge in [-0.2, -0.15) is 0 Å². The van der Waals surface area contributed by atoms with Crippen LogP contribution in [0.2, 0.25) is 354 Å². The predicted molar refractivity (Wildman–Crippen MR) is 501 cm³/mol. The van der Waals surface area contributed by atoms with Gasteiger partial charge in [0.25, 0.3) is 0 Å². The third kappa shape index (κ3) is 48.0. The summed E-state index contributed by atoms with van der Waals surface area (Å²) in [7, 11) is -78.8. The first-order chi connectivity index (χ1) is 46.1. The highest BCUT2D eigenvalue weighted by molar-refractivity contribution is 6.98. The Balaban J connectivity index is 3.79. The van der Waals surface area contributed by atoms with E-state index in [1.807, 2.05) is 0 Å². The largest absolute Gasteiger partial charge is 0.416 e. The molecule has 27 nitrogen and oxygen atoms in total. The lowest BCUT2D eigenvalue weighted by Gasteiger charge is -2.45. The van der Waals surface area contributed by atoms with Gasteiger partial charge in [-0.3, -0.25) is 0 Å². The molecule has 0 atom stereocenters. The highest BCUT2D eigenvalue weighted by atomic mass is 28.6. The molecule has 0 saturated carbocycles. The molecule has 1 aliphatic rings. The van der Waals surface area contributed by atoms with Crippen molar-refractivity contribution in [2.75, 3.05) is 0 Å². The third-order valence-electron chi connectivity index (χ3n) is 13.3. The second-order valence-corrected chi connectivity index (χ2v) is 138. The van der Waals surface area contributed by atoms with Crippen molar-refractivity contribution >= 4 is 231 Å². The maximum Gasteiger partial charge on any atom is 0.314 e. The Hall–Kier alpha value is 4.78. The van der Waals surface area contributed by atoms with Gasteiger partial charge in [-0.25, -0.2) is 0 Å². The number of hydrogen-bond acceptors (Lipinski definition) is 27. The topological polar surface area (TPSA) is 249 Å². The van der Waals surface area contributed by atoms with E-state index in [4.69, 9.17) is 111 Å². The minimum atomic E-state index is -2.92. The Morgan fingerprint density at radius 2 is 0.0741 bits per heavy atom. The lowest BCUT2D eigenvalue weighted by molar-refractivity contribution is 0.245. The van der Waals surface area contributed by atoms with Crippen LogP contribution >= 0.6 is 0 Å². The SMILES string of the molecule is C[Si]1(C)O[Si](C)(C)O[Si](C)(C)O[Si](C)(C)O[Si](C)(C)O[Si](C)(C)O[Si](C)(C)O[Si](C)(C)O[Si](C)(C)O[Si](C)(C)O[Si](C)(C)O[Si](C)(C)O[Si](C)(C)O[Si](C)(C)O[Si](C)(C)O[Si](C)(C)O[Si](C)(C)O[Si](C)(C)O[Si](C)(C)O[Si](C)(C)O[Si](C)(C)O[Si](C)(C)O[Si](C)(C)O[Si](C)(C)O[Si](C)(C)O[Si](C)(C)O[Si](C)(C)O1. The first-order valence-corrected chi connectivity index (χ1v) is 114. The molecule has 1 aliphatic heterocycles. The van der Waals surface area contributed by atoms with E-state index in [1.165, 1.54) is 0 Å². The fourth-order valence-electron chi connectivity index (χ4n) is 16.5. The van der Waals surface area contributed by atoms with Crippen molar-refractivity contribution in [1.29, 1.82) is 0 Å². The molecule has 1 heterocycles. The zero-order valence-corrected chi connectivity index (χ0v) is 106. The monoisotopic (exact) mass is 2000 g/mol. The van der Waals surface area contributed by atoms with Crippen LogP contribution in [0.3, 0.4) is 0 Å². The number of rotatable bonds is 0. The van der Waals surface area contributed by atoms with Crippen molar-refractivity contribution in [3.63, 3.8) is 0 Å². The molecule has 0 aliphatic carbocycles. The molecule has 0 unspecified atom stereocenters. The molecule has 54 heteroatoms. The van der Waals surface area contributed by atoms with E-state index in [0.29, 0.717) is 0 Å². The van der Waals surface area contributed by atoms with E-state index in [1.54, 1.807) is 0 Å². The highest BCUT2D eigenvalue weighted by Gasteiger charge is 2.58. The van der Waals surface area contributed by atoms with E-state index in [9.17, 15) is 0 Å². The van der Waals surface area contributed by atoms with Crippen molar-refractivity contribution in [2.24, 2.45) is 0 Å². The quantitative estimate of drug-likeness (QED) is 0.204. The van der Waals surface area contributed by atoms with Gasteiger partial charge >= 0.3 is 231 Å². The van der Waals surface area contributed by atoms with Crippen molar-refractivity contribution < 1.29 is 111 Å². The lowest BCUT2D eigenvalue weighted by atomic mass is 11.9. The second kappa shape index (κ2) is 36.5. The second-order valence-electron chi connectivity index (χ2n) is 40.6. The van der Waals surface area contributed by atoms with Gasteiger partial charge in [0, 0.05) is 0 Å². The van der Waals surface area contributed by atoms with Gasteiger partial charge < -0.3 is 111 Å². The Bertz CT molecular complexity index is 1910. The van der Waals surface area contributed by atoms with Crippen LogP contribution in [0.4, 0.5) is 0 Å². The minimum absolute atomic E-state index is 2.05. The summed E-state index contributed by atoms with van der Waals surface area (Å²) in [5.41, 5.74) is 0. The molecular weight excluding hydrogens is 1840 g/mol. The summed E-state index contributed by atoms with van der Waals surface area (Å²) in [4.78, 5) is 0. The van der Waals surface area contributed by atoms with Crippen molar-refractivity contribution in [2.45, 2.75) is 354 Å². The van der Waals surface area contributed by atoms with Gasteiger partial charge in [0.15, 0.2) is 0 Å². The van der Waals surface area contributed by atoms with Gasteiger partial charge in [0.1, 0.15) is 0 Å². The van der Waals surface area contributed by atoms with Crippen LogP contribution in [0, 0.1) is 0 Å². The van der Waals surface area contributed by atoms with Crippen molar-refractivity contribution in [1.82, 2.24) is 0 Å². The molecule has 1 saturated heterocycles. The first-order valence-electron chi connectivity index (χ1n) is 38.0. The maximum absolute atomic E-state index is 7.01. The van der Waals surface area contributed by atoms with Crippen LogP contribution in [0.25, 0.3) is 0 Å². The van der Waals surface area contributed by atoms with E-state index in [0.717, 1.165) is 0 Å². The summed E-state index contributed by atoms with van der Waals surface area (Å²) in [5.74, 6) is 0. The molecule has 0 aromatic rings. The maximum atomic E-state index is 7.01. The zero-order valence-electron chi connectivity index (χ0n) is 78.5. The van der Waals surface area contributed by atoms with Crippen molar-refractivity contribution in [3.8, 4) is 0 Å². The van der Waals surface area contributed by atoms with Gasteiger partial charge in [0.2, 0.25) is 0 Å². The smallest absolute Gasteiger partial charge is 0.314 e. The molecule has 0 bridgehead atoms. The van der Waals surface area contributed by atoms with Gasteiger partial charge in [-0.05, 0) is 354 Å². The third-order valence-corrected chi connectivity index (χ3v) is 119. The van der Waals surface area contributed by atoms with Crippen LogP contribution in [0.5, 0.6) is 0 Å². The predicted octanol–water partition coefficient (Wildman–Crippen LogP) is 19.4. The van der Waals surface area contributed by atoms with Crippen molar-refractivity contribution in [3.05, 3.63) is 0 Å². The molecule has 108 heavy (non-hydrogen) atoms. The standard InChI is InChI=1S/C54H162O27Si27/c1-82(2)55-83(3,4)57-85(7,8)59-87(11,12)61-89(15,16)63-91(19,20)65-93(23,24)67-95(27,28)69-97(31,32)71-99(35,36)73-101(39,40)75-103(43,44)77-105(47,48)79-107(51,52)81-108(53,54)80-106(49,50)78-104(45,46)76-102(41,42)74-100(37,38)72-98(33,34)70-96(29,30)68-94(25,26)66-92(21,22)64-90(17,18)62-88(13,14)60-86(9,10)58-84(5,6)56-82/h1-54H3. The summed E-state index contributed by atoms with van der Waals surface area (Å²) >= 11 is 0. The number of hydrogen-bond donors (Lipinski definition) is 0. The Morgan fingerprint density at radius 1 is 0.0556 bits per heavy atom. The molecule has 648 valence electrons. The van der Waals surface area contributed by atoms with E-state index >= 15 is 0 Å². The molecule has 0 N–H and O–H groups in total. The fraction of sp³-hybridized carbons (Fsp3) is 1.00. The summed E-state index contributed by atoms with van der Waals surface area (Å²) < 4.78 is 189. The van der Waals surface area contributed by atoms with E-state index in [2.05, 4.69) is 354 Å². The van der Waals surface area contributed by atoms with Gasteiger partial charge in [-0.15, -0.1) is 0 Å². The van der Waals surface area contributed by atoms with E-state index in [-0.39, 0.29) is 0 Å². The minimum Gasteiger partial charge on any atom is -0.416 e. The van der Waals surface area contributed by atoms with Crippen LogP contribution in [-0.2, 0) is 111 Å². The summed E-state index contributed by atoms with van der Waals surface area (Å²) in [6.07, 6.45) is 0. The Labute approximate surface area is 689 Å². The van der Waals surface area contributed by atoms with Gasteiger partial charge in [0.05, 0.1) is 0 Å². The molecule has 1 fully saturated rings. The van der Waals surface area contributed by atoms with Crippen LogP contribution in [0.1, 0.15) is 0 Å². The normalized spacial score (nSPS) is 31.5. The van der Waals surface area contributed by atoms with E-state index < -0.39 is 231 Å². The molecule has 0 aromatic heterocycles. The molecular formula is C54H162O27Si27. The summed E-state index contributed by atoms with van der Waals surface area (Å²) in [6, 6.07) is 0. The first kappa shape index (κ1) is 111. The fourth-order valence-corrected chi connectivity index (χ4v) is 159. The van der Waals surface area contributed by atoms with Crippen LogP contribution in [0.15, 0.2) is 0 Å². The summed E-state index contributed by atoms with van der Waals surface area (Å²) in [6.45, 7) is 111. The molecule has 1 rings (SSSR count). The van der Waals surface area contributed by atoms with Crippen LogP contribution < -0.4 is 0 Å². The Morgan fingerprint density at radius 3 is 0.0926 bits per heavy atom. The molecule has 0 spiro atoms. The Kier molecular flexibility index (Phi) is 37.5. The lowest BCUT2D eigenvalue weighted by Crippen LogP contribution is -2.63. The van der Waals surface area contributed by atoms with Crippen LogP contribution in [-0.4, -0.2) is 231 Å². The molecule has 0 aromatic carbocycles. The summed E-state index contributed by atoms with van der Waals surface area (Å²) in [5, 5.41) is 0.